The number of thiazole rings is 1. The standard InChI is InChI=1S/C16H18N4O4S/c1-23-10-6-9(7-11(8-10)24-2)18-15(22)20-16-19-12-4-3-5-17-14(21)13(12)25-16/h6-8H,3-5H2,1-2H3,(H,17,21)(H2,18,19,20,22). The molecule has 25 heavy (non-hydrogen) atoms. The van der Waals surface area contributed by atoms with Gasteiger partial charge in [0.1, 0.15) is 16.4 Å². The zero-order chi connectivity index (χ0) is 17.8. The van der Waals surface area contributed by atoms with Crippen LogP contribution in [0.25, 0.3) is 0 Å². The van der Waals surface area contributed by atoms with Gasteiger partial charge >= 0.3 is 6.03 Å². The fraction of sp³-hybridized carbons (Fsp3) is 0.312. The number of nitrogens with zero attached hydrogens (tertiary/aromatic N) is 1. The third-order valence-corrected chi connectivity index (χ3v) is 4.62. The summed E-state index contributed by atoms with van der Waals surface area (Å²) in [5, 5.41) is 8.55. The normalized spacial score (nSPS) is 13.3. The van der Waals surface area contributed by atoms with Crippen molar-refractivity contribution in [3.8, 4) is 11.5 Å². The molecule has 2 aromatic rings. The summed E-state index contributed by atoms with van der Waals surface area (Å²) in [6.07, 6.45) is 1.54. The molecule has 1 aliphatic heterocycles. The first kappa shape index (κ1) is 17.0. The summed E-state index contributed by atoms with van der Waals surface area (Å²) < 4.78 is 10.3. The van der Waals surface area contributed by atoms with E-state index in [4.69, 9.17) is 9.47 Å². The van der Waals surface area contributed by atoms with Gasteiger partial charge in [-0.15, -0.1) is 0 Å². The Labute approximate surface area is 148 Å². The van der Waals surface area contributed by atoms with Crippen LogP contribution in [0.1, 0.15) is 21.8 Å². The van der Waals surface area contributed by atoms with Gasteiger partial charge in [-0.1, -0.05) is 11.3 Å². The number of carbonyl (C=O) groups excluding carboxylic acids is 2. The lowest BCUT2D eigenvalue weighted by Crippen LogP contribution is -2.21. The van der Waals surface area contributed by atoms with Crippen molar-refractivity contribution in [1.82, 2.24) is 10.3 Å². The lowest BCUT2D eigenvalue weighted by molar-refractivity contribution is 0.0960. The highest BCUT2D eigenvalue weighted by Crippen LogP contribution is 2.27. The summed E-state index contributed by atoms with van der Waals surface area (Å²) in [5.74, 6) is 0.982. The fourth-order valence-corrected chi connectivity index (χ4v) is 3.35. The highest BCUT2D eigenvalue weighted by atomic mass is 32.1. The summed E-state index contributed by atoms with van der Waals surface area (Å²) in [6, 6.07) is 4.60. The van der Waals surface area contributed by atoms with Crippen LogP contribution in [-0.4, -0.2) is 37.7 Å². The van der Waals surface area contributed by atoms with Gasteiger partial charge in [0.15, 0.2) is 5.13 Å². The van der Waals surface area contributed by atoms with E-state index in [-0.39, 0.29) is 5.91 Å². The van der Waals surface area contributed by atoms with Crippen LogP contribution in [-0.2, 0) is 6.42 Å². The molecule has 0 aliphatic carbocycles. The van der Waals surface area contributed by atoms with E-state index in [9.17, 15) is 9.59 Å². The number of benzene rings is 1. The minimum atomic E-state index is -0.459. The fourth-order valence-electron chi connectivity index (χ4n) is 2.43. The molecule has 2 heterocycles. The summed E-state index contributed by atoms with van der Waals surface area (Å²) in [5.41, 5.74) is 1.24. The van der Waals surface area contributed by atoms with Gasteiger partial charge in [0.2, 0.25) is 0 Å². The Hall–Kier alpha value is -2.81. The molecule has 0 atom stereocenters. The van der Waals surface area contributed by atoms with Crippen molar-refractivity contribution in [3.63, 3.8) is 0 Å². The van der Waals surface area contributed by atoms with E-state index < -0.39 is 6.03 Å². The lowest BCUT2D eigenvalue weighted by atomic mass is 10.2. The Morgan fingerprint density at radius 2 is 1.92 bits per heavy atom. The van der Waals surface area contributed by atoms with Crippen molar-refractivity contribution in [2.75, 3.05) is 31.4 Å². The Bertz CT molecular complexity index is 783. The molecule has 0 saturated carbocycles. The van der Waals surface area contributed by atoms with Crippen LogP contribution in [0.15, 0.2) is 18.2 Å². The minimum Gasteiger partial charge on any atom is -0.497 e. The molecule has 0 spiro atoms. The average molecular weight is 362 g/mol. The van der Waals surface area contributed by atoms with Crippen LogP contribution in [0.3, 0.4) is 0 Å². The molecule has 3 N–H and O–H groups in total. The maximum Gasteiger partial charge on any atom is 0.325 e. The highest BCUT2D eigenvalue weighted by Gasteiger charge is 2.21. The van der Waals surface area contributed by atoms with Crippen LogP contribution < -0.4 is 25.4 Å². The number of hydrogen-bond donors (Lipinski definition) is 3. The molecule has 1 aliphatic rings. The molecule has 3 rings (SSSR count). The number of aromatic nitrogens is 1. The summed E-state index contributed by atoms with van der Waals surface area (Å²) in [7, 11) is 3.07. The number of methoxy groups -OCH3 is 2. The average Bonchev–Trinajstić information content (AvgIpc) is 2.92. The number of urea groups is 1. The van der Waals surface area contributed by atoms with E-state index in [0.717, 1.165) is 12.1 Å². The molecule has 0 bridgehead atoms. The first-order chi connectivity index (χ1) is 12.1. The van der Waals surface area contributed by atoms with E-state index in [1.807, 2.05) is 0 Å². The van der Waals surface area contributed by atoms with Crippen molar-refractivity contribution in [2.24, 2.45) is 0 Å². The van der Waals surface area contributed by atoms with Crippen molar-refractivity contribution < 1.29 is 19.1 Å². The van der Waals surface area contributed by atoms with Crippen LogP contribution in [0.4, 0.5) is 15.6 Å². The maximum absolute atomic E-state index is 12.2. The number of anilines is 2. The number of amides is 3. The van der Waals surface area contributed by atoms with Crippen molar-refractivity contribution in [2.45, 2.75) is 12.8 Å². The Kier molecular flexibility index (Phi) is 5.03. The highest BCUT2D eigenvalue weighted by molar-refractivity contribution is 7.17. The molecule has 1 aromatic heterocycles. The molecular weight excluding hydrogens is 344 g/mol. The van der Waals surface area contributed by atoms with Gasteiger partial charge < -0.3 is 20.1 Å². The van der Waals surface area contributed by atoms with Crippen LogP contribution in [0.5, 0.6) is 11.5 Å². The van der Waals surface area contributed by atoms with Gasteiger partial charge in [-0.05, 0) is 12.8 Å². The van der Waals surface area contributed by atoms with Gasteiger partial charge in [-0.2, -0.15) is 0 Å². The first-order valence-corrected chi connectivity index (χ1v) is 8.49. The van der Waals surface area contributed by atoms with Crippen molar-refractivity contribution >= 4 is 34.1 Å². The zero-order valence-corrected chi connectivity index (χ0v) is 14.7. The molecule has 8 nitrogen and oxygen atoms in total. The molecule has 0 radical (unpaired) electrons. The van der Waals surface area contributed by atoms with Gasteiger partial charge in [-0.25, -0.2) is 9.78 Å². The summed E-state index contributed by atoms with van der Waals surface area (Å²) >= 11 is 1.17. The van der Waals surface area contributed by atoms with Crippen LogP contribution in [0, 0.1) is 0 Å². The quantitative estimate of drug-likeness (QED) is 0.776. The number of ether oxygens (including phenoxy) is 2. The monoisotopic (exact) mass is 362 g/mol. The third-order valence-electron chi connectivity index (χ3n) is 3.61. The number of carbonyl (C=O) groups is 2. The predicted molar refractivity (Wildman–Crippen MR) is 95.0 cm³/mol. The van der Waals surface area contributed by atoms with Gasteiger partial charge in [0.05, 0.1) is 19.9 Å². The van der Waals surface area contributed by atoms with Gasteiger partial charge in [-0.3, -0.25) is 10.1 Å². The Morgan fingerprint density at radius 3 is 2.60 bits per heavy atom. The SMILES string of the molecule is COc1cc(NC(=O)Nc2nc3c(s2)C(=O)NCCC3)cc(OC)c1. The molecule has 0 fully saturated rings. The second-order valence-corrected chi connectivity index (χ2v) is 6.33. The van der Waals surface area contributed by atoms with E-state index in [2.05, 4.69) is 20.9 Å². The zero-order valence-electron chi connectivity index (χ0n) is 13.8. The smallest absolute Gasteiger partial charge is 0.325 e. The van der Waals surface area contributed by atoms with E-state index in [0.29, 0.717) is 40.2 Å². The van der Waals surface area contributed by atoms with Crippen molar-refractivity contribution in [3.05, 3.63) is 28.8 Å². The number of aryl methyl sites for hydroxylation is 1. The lowest BCUT2D eigenvalue weighted by Gasteiger charge is -2.09. The number of rotatable bonds is 4. The topological polar surface area (TPSA) is 102 Å². The molecule has 9 heteroatoms. The third kappa shape index (κ3) is 4.00. The van der Waals surface area contributed by atoms with E-state index in [1.54, 1.807) is 18.2 Å². The molecule has 0 saturated heterocycles. The molecule has 3 amide bonds. The maximum atomic E-state index is 12.2. The second-order valence-electron chi connectivity index (χ2n) is 5.33. The molecule has 132 valence electrons. The Morgan fingerprint density at radius 1 is 1.20 bits per heavy atom. The van der Waals surface area contributed by atoms with E-state index in [1.165, 1.54) is 25.6 Å². The molecule has 0 unspecified atom stereocenters. The van der Waals surface area contributed by atoms with Gasteiger partial charge in [0.25, 0.3) is 5.91 Å². The van der Waals surface area contributed by atoms with E-state index >= 15 is 0 Å². The number of fused-ring (bicyclic) bond motifs is 1. The van der Waals surface area contributed by atoms with Gasteiger partial charge in [0, 0.05) is 30.4 Å². The predicted octanol–water partition coefficient (Wildman–Crippen LogP) is 2.48. The number of hydrogen-bond acceptors (Lipinski definition) is 6. The Balaban J connectivity index is 1.71. The summed E-state index contributed by atoms with van der Waals surface area (Å²) in [6.45, 7) is 0.642. The van der Waals surface area contributed by atoms with Crippen molar-refractivity contribution in [1.29, 1.82) is 0 Å². The van der Waals surface area contributed by atoms with Crippen LogP contribution >= 0.6 is 11.3 Å². The summed E-state index contributed by atoms with van der Waals surface area (Å²) in [4.78, 5) is 29.0. The second kappa shape index (κ2) is 7.39. The number of nitrogens with one attached hydrogen (secondary N) is 3. The first-order valence-electron chi connectivity index (χ1n) is 7.68. The molecular formula is C16H18N4O4S. The largest absolute Gasteiger partial charge is 0.497 e. The molecule has 1 aromatic carbocycles. The van der Waals surface area contributed by atoms with Crippen LogP contribution in [0.2, 0.25) is 0 Å². The minimum absolute atomic E-state index is 0.143.